The van der Waals surface area contributed by atoms with Crippen molar-refractivity contribution in [3.05, 3.63) is 53.1 Å². The Kier molecular flexibility index (Phi) is 8.41. The molecule has 32 heavy (non-hydrogen) atoms. The smallest absolute Gasteiger partial charge is 0.409 e. The third kappa shape index (κ3) is 6.64. The molecule has 0 bridgehead atoms. The zero-order valence-electron chi connectivity index (χ0n) is 18.0. The fourth-order valence-corrected chi connectivity index (χ4v) is 4.38. The number of nitrogens with zero attached hydrogens (tertiary/aromatic N) is 1. The summed E-state index contributed by atoms with van der Waals surface area (Å²) in [5.41, 5.74) is 1.03. The first-order chi connectivity index (χ1) is 15.4. The number of rotatable bonds is 6. The molecule has 2 aromatic carbocycles. The third-order valence-corrected chi connectivity index (χ3v) is 6.29. The average Bonchev–Trinajstić information content (AvgIpc) is 2.76. The molecule has 1 aliphatic rings. The number of carbonyl (C=O) groups excluding carboxylic acids is 3. The predicted octanol–water partition coefficient (Wildman–Crippen LogP) is 4.80. The van der Waals surface area contributed by atoms with E-state index in [2.05, 4.69) is 10.6 Å². The summed E-state index contributed by atoms with van der Waals surface area (Å²) in [6, 6.07) is 12.6. The van der Waals surface area contributed by atoms with Crippen molar-refractivity contribution in [2.45, 2.75) is 42.5 Å². The summed E-state index contributed by atoms with van der Waals surface area (Å²) in [6.07, 6.45) is 1.01. The van der Waals surface area contributed by atoms with Crippen LogP contribution < -0.4 is 10.6 Å². The van der Waals surface area contributed by atoms with Gasteiger partial charge in [0.15, 0.2) is 0 Å². The molecule has 1 saturated heterocycles. The molecule has 0 atom stereocenters. The number of nitrogens with one attached hydrogen (secondary N) is 2. The lowest BCUT2D eigenvalue weighted by Gasteiger charge is -2.31. The van der Waals surface area contributed by atoms with E-state index in [9.17, 15) is 14.4 Å². The Morgan fingerprint density at radius 2 is 1.81 bits per heavy atom. The predicted molar refractivity (Wildman–Crippen MR) is 125 cm³/mol. The molecule has 0 radical (unpaired) electrons. The molecule has 7 nitrogen and oxygen atoms in total. The van der Waals surface area contributed by atoms with Gasteiger partial charge in [-0.25, -0.2) is 4.79 Å². The van der Waals surface area contributed by atoms with Crippen molar-refractivity contribution in [1.82, 2.24) is 10.2 Å². The Hall–Kier alpha value is -2.71. The molecule has 0 spiro atoms. The number of anilines is 1. The Morgan fingerprint density at radius 1 is 1.12 bits per heavy atom. The van der Waals surface area contributed by atoms with Crippen LogP contribution >= 0.6 is 23.4 Å². The maximum Gasteiger partial charge on any atom is 0.409 e. The molecule has 1 aliphatic heterocycles. The van der Waals surface area contributed by atoms with Gasteiger partial charge >= 0.3 is 6.09 Å². The topological polar surface area (TPSA) is 87.7 Å². The van der Waals surface area contributed by atoms with E-state index in [-0.39, 0.29) is 23.9 Å². The number of halogens is 1. The lowest BCUT2D eigenvalue weighted by molar-refractivity contribution is -0.114. The highest BCUT2D eigenvalue weighted by Crippen LogP contribution is 2.34. The highest BCUT2D eigenvalue weighted by atomic mass is 35.5. The van der Waals surface area contributed by atoms with Crippen molar-refractivity contribution in [3.8, 4) is 0 Å². The van der Waals surface area contributed by atoms with Gasteiger partial charge in [0.1, 0.15) is 0 Å². The van der Waals surface area contributed by atoms with Gasteiger partial charge in [-0.3, -0.25) is 9.59 Å². The van der Waals surface area contributed by atoms with Crippen LogP contribution in [0.1, 0.15) is 37.0 Å². The second-order valence-corrected chi connectivity index (χ2v) is 8.93. The van der Waals surface area contributed by atoms with Crippen LogP contribution in [0.2, 0.25) is 5.02 Å². The number of amides is 3. The molecule has 170 valence electrons. The lowest BCUT2D eigenvalue weighted by atomic mass is 10.0. The maximum atomic E-state index is 12.8. The highest BCUT2D eigenvalue weighted by Gasteiger charge is 2.25. The molecule has 0 aromatic heterocycles. The first-order valence-electron chi connectivity index (χ1n) is 10.4. The zero-order chi connectivity index (χ0) is 23.1. The standard InChI is InChI=1S/C23H26ClN3O4S/c1-3-31-23(30)27-12-10-18(11-13-27)26-22(29)16-4-9-21(20(14-16)25-15(2)28)32-19-7-5-17(24)6-8-19/h4-9,14,18H,3,10-13H2,1-2H3,(H,25,28)(H,26,29). The van der Waals surface area contributed by atoms with Gasteiger partial charge in [-0.2, -0.15) is 0 Å². The molecule has 2 aromatic rings. The number of likely N-dealkylation sites (tertiary alicyclic amines) is 1. The number of carbonyl (C=O) groups is 3. The van der Waals surface area contributed by atoms with Crippen LogP contribution in [0, 0.1) is 0 Å². The van der Waals surface area contributed by atoms with Gasteiger partial charge in [-0.05, 0) is 62.2 Å². The summed E-state index contributed by atoms with van der Waals surface area (Å²) >= 11 is 7.43. The van der Waals surface area contributed by atoms with E-state index in [4.69, 9.17) is 16.3 Å². The fourth-order valence-electron chi connectivity index (χ4n) is 3.37. The summed E-state index contributed by atoms with van der Waals surface area (Å²) in [6.45, 7) is 4.63. The van der Waals surface area contributed by atoms with Gasteiger partial charge in [0.25, 0.3) is 5.91 Å². The van der Waals surface area contributed by atoms with Crippen LogP contribution in [0.4, 0.5) is 10.5 Å². The number of hydrogen-bond acceptors (Lipinski definition) is 5. The summed E-state index contributed by atoms with van der Waals surface area (Å²) in [7, 11) is 0. The number of hydrogen-bond donors (Lipinski definition) is 2. The van der Waals surface area contributed by atoms with E-state index in [0.29, 0.717) is 48.8 Å². The van der Waals surface area contributed by atoms with Gasteiger partial charge in [0, 0.05) is 46.4 Å². The van der Waals surface area contributed by atoms with E-state index in [1.807, 2.05) is 18.2 Å². The van der Waals surface area contributed by atoms with Crippen molar-refractivity contribution in [1.29, 1.82) is 0 Å². The highest BCUT2D eigenvalue weighted by molar-refractivity contribution is 7.99. The second kappa shape index (κ2) is 11.2. The van der Waals surface area contributed by atoms with Gasteiger partial charge in [0.05, 0.1) is 12.3 Å². The third-order valence-electron chi connectivity index (χ3n) is 4.95. The van der Waals surface area contributed by atoms with Crippen molar-refractivity contribution >= 4 is 47.0 Å². The minimum absolute atomic E-state index is 0.0273. The Morgan fingerprint density at radius 3 is 2.44 bits per heavy atom. The molecule has 1 heterocycles. The van der Waals surface area contributed by atoms with E-state index in [1.54, 1.807) is 36.1 Å². The molecule has 9 heteroatoms. The molecule has 3 amide bonds. The SMILES string of the molecule is CCOC(=O)N1CCC(NC(=O)c2ccc(Sc3ccc(Cl)cc3)c(NC(C)=O)c2)CC1. The molecule has 3 rings (SSSR count). The average molecular weight is 476 g/mol. The molecular formula is C23H26ClN3O4S. The monoisotopic (exact) mass is 475 g/mol. The van der Waals surface area contributed by atoms with E-state index in [0.717, 1.165) is 9.79 Å². The van der Waals surface area contributed by atoms with Crippen LogP contribution in [0.5, 0.6) is 0 Å². The maximum absolute atomic E-state index is 12.8. The molecule has 0 aliphatic carbocycles. The molecule has 2 N–H and O–H groups in total. The van der Waals surface area contributed by atoms with Crippen molar-refractivity contribution in [2.75, 3.05) is 25.0 Å². The first-order valence-corrected chi connectivity index (χ1v) is 11.6. The summed E-state index contributed by atoms with van der Waals surface area (Å²) in [5.74, 6) is -0.430. The molecule has 0 unspecified atom stereocenters. The zero-order valence-corrected chi connectivity index (χ0v) is 19.6. The minimum Gasteiger partial charge on any atom is -0.450 e. The van der Waals surface area contributed by atoms with Crippen LogP contribution in [0.3, 0.4) is 0 Å². The lowest BCUT2D eigenvalue weighted by Crippen LogP contribution is -2.46. The van der Waals surface area contributed by atoms with Gasteiger partial charge < -0.3 is 20.3 Å². The Labute approximate surface area is 196 Å². The van der Waals surface area contributed by atoms with Gasteiger partial charge in [-0.15, -0.1) is 0 Å². The van der Waals surface area contributed by atoms with Crippen molar-refractivity contribution in [3.63, 3.8) is 0 Å². The molecule has 1 fully saturated rings. The van der Waals surface area contributed by atoms with E-state index in [1.165, 1.54) is 18.7 Å². The molecular weight excluding hydrogens is 450 g/mol. The van der Waals surface area contributed by atoms with Crippen LogP contribution in [0.15, 0.2) is 52.3 Å². The van der Waals surface area contributed by atoms with Crippen molar-refractivity contribution in [2.24, 2.45) is 0 Å². The van der Waals surface area contributed by atoms with Crippen LogP contribution in [0.25, 0.3) is 0 Å². The minimum atomic E-state index is -0.314. The Bertz CT molecular complexity index is 976. The Balaban J connectivity index is 1.66. The first kappa shape index (κ1) is 23.9. The normalized spacial score (nSPS) is 14.0. The number of ether oxygens (including phenoxy) is 1. The summed E-state index contributed by atoms with van der Waals surface area (Å²) < 4.78 is 5.03. The quantitative estimate of drug-likeness (QED) is 0.626. The van der Waals surface area contributed by atoms with Gasteiger partial charge in [-0.1, -0.05) is 23.4 Å². The number of piperidine rings is 1. The van der Waals surface area contributed by atoms with Crippen LogP contribution in [-0.4, -0.2) is 48.5 Å². The summed E-state index contributed by atoms with van der Waals surface area (Å²) in [5, 5.41) is 6.49. The largest absolute Gasteiger partial charge is 0.450 e. The fraction of sp³-hybridized carbons (Fsp3) is 0.348. The van der Waals surface area contributed by atoms with Crippen molar-refractivity contribution < 1.29 is 19.1 Å². The summed E-state index contributed by atoms with van der Waals surface area (Å²) in [4.78, 5) is 39.8. The second-order valence-electron chi connectivity index (χ2n) is 7.38. The van der Waals surface area contributed by atoms with Crippen LogP contribution in [-0.2, 0) is 9.53 Å². The van der Waals surface area contributed by atoms with E-state index < -0.39 is 0 Å². The molecule has 0 saturated carbocycles. The number of benzene rings is 2. The van der Waals surface area contributed by atoms with E-state index >= 15 is 0 Å². The van der Waals surface area contributed by atoms with Gasteiger partial charge in [0.2, 0.25) is 5.91 Å².